The van der Waals surface area contributed by atoms with Gasteiger partial charge in [0.15, 0.2) is 0 Å². The molecule has 0 fully saturated rings. The van der Waals surface area contributed by atoms with Gasteiger partial charge < -0.3 is 9.55 Å². The number of aromatic amines is 1. The zero-order valence-electron chi connectivity index (χ0n) is 14.4. The third-order valence-corrected chi connectivity index (χ3v) is 4.52. The Kier molecular flexibility index (Phi) is 4.76. The molecule has 6 nitrogen and oxygen atoms in total. The minimum absolute atomic E-state index is 0.0474. The Bertz CT molecular complexity index is 882. The molecule has 0 aliphatic rings. The van der Waals surface area contributed by atoms with Crippen LogP contribution in [-0.2, 0) is 6.54 Å². The Morgan fingerprint density at radius 3 is 2.88 bits per heavy atom. The largest absolute Gasteiger partial charge is 0.335 e. The van der Waals surface area contributed by atoms with Crippen LogP contribution in [0, 0.1) is 6.92 Å². The fourth-order valence-corrected chi connectivity index (χ4v) is 2.84. The van der Waals surface area contributed by atoms with Crippen molar-refractivity contribution in [2.75, 3.05) is 13.6 Å². The summed E-state index contributed by atoms with van der Waals surface area (Å²) in [6.07, 6.45) is 4.84. The highest BCUT2D eigenvalue weighted by Gasteiger charge is 2.15. The molecular weight excluding hydrogens is 302 g/mol. The molecule has 0 aliphatic carbocycles. The summed E-state index contributed by atoms with van der Waals surface area (Å²) in [5.41, 5.74) is 0.662. The zero-order valence-corrected chi connectivity index (χ0v) is 14.4. The molecule has 3 aromatic rings. The van der Waals surface area contributed by atoms with E-state index in [0.717, 1.165) is 30.9 Å². The normalized spacial score (nSPS) is 12.8. The summed E-state index contributed by atoms with van der Waals surface area (Å²) in [6, 6.07) is 7.48. The topological polar surface area (TPSA) is 66.8 Å². The summed E-state index contributed by atoms with van der Waals surface area (Å²) >= 11 is 0. The molecule has 1 atom stereocenters. The van der Waals surface area contributed by atoms with Gasteiger partial charge in [-0.15, -0.1) is 0 Å². The van der Waals surface area contributed by atoms with Gasteiger partial charge in [0.2, 0.25) is 0 Å². The molecule has 0 bridgehead atoms. The first-order chi connectivity index (χ1) is 11.6. The lowest BCUT2D eigenvalue weighted by atomic mass is 10.2. The lowest BCUT2D eigenvalue weighted by molar-refractivity contribution is 0.244. The standard InChI is InChI=1S/C18H23N5O/c1-13(22(3)10-6-11-23-12-9-19-14(23)2)17-20-16-8-5-4-7-15(16)18(24)21-17/h4-5,7-9,12-13H,6,10-11H2,1-3H3,(H,20,21,24)/t13-/m0/s1. The molecule has 6 heteroatoms. The Balaban J connectivity index is 1.68. The highest BCUT2D eigenvalue weighted by molar-refractivity contribution is 5.77. The number of hydrogen-bond donors (Lipinski definition) is 1. The van der Waals surface area contributed by atoms with Crippen molar-refractivity contribution in [3.05, 3.63) is 58.7 Å². The van der Waals surface area contributed by atoms with Gasteiger partial charge in [0, 0.05) is 25.5 Å². The average Bonchev–Trinajstić information content (AvgIpc) is 2.99. The summed E-state index contributed by atoms with van der Waals surface area (Å²) < 4.78 is 2.15. The van der Waals surface area contributed by atoms with E-state index in [1.165, 1.54) is 0 Å². The summed E-state index contributed by atoms with van der Waals surface area (Å²) in [5.74, 6) is 1.74. The first-order valence-corrected chi connectivity index (χ1v) is 8.23. The number of benzene rings is 1. The van der Waals surface area contributed by atoms with Crippen LogP contribution in [0.4, 0.5) is 0 Å². The van der Waals surface area contributed by atoms with Gasteiger partial charge >= 0.3 is 0 Å². The third-order valence-electron chi connectivity index (χ3n) is 4.52. The minimum Gasteiger partial charge on any atom is -0.335 e. The van der Waals surface area contributed by atoms with Crippen molar-refractivity contribution >= 4 is 10.9 Å². The van der Waals surface area contributed by atoms with Gasteiger partial charge in [0.1, 0.15) is 11.6 Å². The van der Waals surface area contributed by atoms with E-state index in [9.17, 15) is 4.79 Å². The number of imidazole rings is 1. The van der Waals surface area contributed by atoms with Crippen LogP contribution in [0.1, 0.15) is 31.0 Å². The molecule has 1 N–H and O–H groups in total. The van der Waals surface area contributed by atoms with Gasteiger partial charge in [-0.05, 0) is 39.4 Å². The highest BCUT2D eigenvalue weighted by atomic mass is 16.1. The number of nitrogens with zero attached hydrogens (tertiary/aromatic N) is 4. The summed E-state index contributed by atoms with van der Waals surface area (Å²) in [5, 5.41) is 0.631. The van der Waals surface area contributed by atoms with E-state index < -0.39 is 0 Å². The molecule has 3 rings (SSSR count). The fourth-order valence-electron chi connectivity index (χ4n) is 2.84. The molecule has 1 aromatic carbocycles. The number of rotatable bonds is 6. The SMILES string of the molecule is Cc1nccn1CCCN(C)[C@@H](C)c1nc2ccccc2c(=O)[nH]1. The van der Waals surface area contributed by atoms with Crippen molar-refractivity contribution in [1.82, 2.24) is 24.4 Å². The molecule has 2 heterocycles. The summed E-state index contributed by atoms with van der Waals surface area (Å²) in [7, 11) is 2.06. The molecule has 0 spiro atoms. The van der Waals surface area contributed by atoms with Gasteiger partial charge in [-0.25, -0.2) is 9.97 Å². The van der Waals surface area contributed by atoms with Crippen molar-refractivity contribution in [3.8, 4) is 0 Å². The second kappa shape index (κ2) is 6.97. The minimum atomic E-state index is -0.0788. The quantitative estimate of drug-likeness (QED) is 0.756. The van der Waals surface area contributed by atoms with Crippen LogP contribution in [0.5, 0.6) is 0 Å². The molecule has 0 amide bonds. The summed E-state index contributed by atoms with van der Waals surface area (Å²) in [6.45, 7) is 5.92. The van der Waals surface area contributed by atoms with Gasteiger partial charge in [-0.1, -0.05) is 12.1 Å². The van der Waals surface area contributed by atoms with Crippen LogP contribution >= 0.6 is 0 Å². The Hall–Kier alpha value is -2.47. The highest BCUT2D eigenvalue weighted by Crippen LogP contribution is 2.16. The Morgan fingerprint density at radius 1 is 1.33 bits per heavy atom. The second-order valence-corrected chi connectivity index (χ2v) is 6.15. The van der Waals surface area contributed by atoms with E-state index in [2.05, 4.69) is 38.4 Å². The van der Waals surface area contributed by atoms with Crippen LogP contribution in [0.15, 0.2) is 41.5 Å². The van der Waals surface area contributed by atoms with Crippen LogP contribution in [0.25, 0.3) is 10.9 Å². The molecule has 0 saturated carbocycles. The first kappa shape index (κ1) is 16.4. The molecule has 0 aliphatic heterocycles. The Morgan fingerprint density at radius 2 is 2.12 bits per heavy atom. The van der Waals surface area contributed by atoms with Crippen LogP contribution in [-0.4, -0.2) is 38.0 Å². The van der Waals surface area contributed by atoms with Crippen molar-refractivity contribution in [3.63, 3.8) is 0 Å². The zero-order chi connectivity index (χ0) is 17.1. The van der Waals surface area contributed by atoms with Crippen molar-refractivity contribution in [2.24, 2.45) is 0 Å². The van der Waals surface area contributed by atoms with Gasteiger partial charge in [0.25, 0.3) is 5.56 Å². The third kappa shape index (κ3) is 3.38. The predicted molar refractivity (Wildman–Crippen MR) is 95.0 cm³/mol. The van der Waals surface area contributed by atoms with E-state index in [1.807, 2.05) is 37.5 Å². The average molecular weight is 325 g/mol. The predicted octanol–water partition coefficient (Wildman–Crippen LogP) is 2.51. The number of fused-ring (bicyclic) bond motifs is 1. The summed E-state index contributed by atoms with van der Waals surface area (Å²) in [4.78, 5) is 26.2. The Labute approximate surface area is 141 Å². The van der Waals surface area contributed by atoms with Crippen molar-refractivity contribution in [1.29, 1.82) is 0 Å². The first-order valence-electron chi connectivity index (χ1n) is 8.23. The number of hydrogen-bond acceptors (Lipinski definition) is 4. The van der Waals surface area contributed by atoms with Gasteiger partial charge in [-0.2, -0.15) is 0 Å². The second-order valence-electron chi connectivity index (χ2n) is 6.15. The van der Waals surface area contributed by atoms with Crippen LogP contribution in [0.2, 0.25) is 0 Å². The lowest BCUT2D eigenvalue weighted by Gasteiger charge is -2.24. The number of para-hydroxylation sites is 1. The molecule has 0 radical (unpaired) electrons. The van der Waals surface area contributed by atoms with E-state index in [0.29, 0.717) is 11.2 Å². The fraction of sp³-hybridized carbons (Fsp3) is 0.389. The van der Waals surface area contributed by atoms with E-state index >= 15 is 0 Å². The number of H-pyrrole nitrogens is 1. The maximum Gasteiger partial charge on any atom is 0.258 e. The van der Waals surface area contributed by atoms with Crippen molar-refractivity contribution < 1.29 is 0 Å². The molecular formula is C18H23N5O. The lowest BCUT2D eigenvalue weighted by Crippen LogP contribution is -2.27. The van der Waals surface area contributed by atoms with Gasteiger partial charge in [-0.3, -0.25) is 9.69 Å². The van der Waals surface area contributed by atoms with Crippen molar-refractivity contribution in [2.45, 2.75) is 32.9 Å². The molecule has 2 aromatic heterocycles. The molecule has 0 unspecified atom stereocenters. The van der Waals surface area contributed by atoms with Gasteiger partial charge in [0.05, 0.1) is 16.9 Å². The maximum atomic E-state index is 12.2. The molecule has 126 valence electrons. The van der Waals surface area contributed by atoms with E-state index in [4.69, 9.17) is 0 Å². The number of aromatic nitrogens is 4. The smallest absolute Gasteiger partial charge is 0.258 e. The maximum absolute atomic E-state index is 12.2. The molecule has 0 saturated heterocycles. The van der Waals surface area contributed by atoms with Crippen LogP contribution < -0.4 is 5.56 Å². The number of nitrogens with one attached hydrogen (secondary N) is 1. The van der Waals surface area contributed by atoms with E-state index in [-0.39, 0.29) is 11.6 Å². The molecule has 24 heavy (non-hydrogen) atoms. The van der Waals surface area contributed by atoms with E-state index in [1.54, 1.807) is 6.07 Å². The van der Waals surface area contributed by atoms with Crippen LogP contribution in [0.3, 0.4) is 0 Å². The number of aryl methyl sites for hydroxylation is 2. The monoisotopic (exact) mass is 325 g/mol.